The molecule has 0 aliphatic rings. The third kappa shape index (κ3) is 3.07. The molecule has 0 aliphatic heterocycles. The van der Waals surface area contributed by atoms with E-state index >= 15 is 0 Å². The molecule has 4 heteroatoms. The van der Waals surface area contributed by atoms with Gasteiger partial charge in [-0.15, -0.1) is 0 Å². The molecule has 0 radical (unpaired) electrons. The van der Waals surface area contributed by atoms with Gasteiger partial charge in [0, 0.05) is 24.3 Å². The fourth-order valence-electron chi connectivity index (χ4n) is 1.63. The highest BCUT2D eigenvalue weighted by Crippen LogP contribution is 2.13. The second-order valence-corrected chi connectivity index (χ2v) is 3.98. The number of nitrogens with one attached hydrogen (secondary N) is 2. The van der Waals surface area contributed by atoms with Crippen molar-refractivity contribution in [1.29, 1.82) is 0 Å². The molecule has 1 atom stereocenters. The predicted molar refractivity (Wildman–Crippen MR) is 66.8 cm³/mol. The molecule has 1 aromatic carbocycles. The second kappa shape index (κ2) is 5.50. The van der Waals surface area contributed by atoms with Crippen molar-refractivity contribution in [1.82, 2.24) is 15.5 Å². The lowest BCUT2D eigenvalue weighted by molar-refractivity contribution is 0.414. The summed E-state index contributed by atoms with van der Waals surface area (Å²) < 4.78 is 5.12. The van der Waals surface area contributed by atoms with Gasteiger partial charge in [-0.05, 0) is 24.6 Å². The topological polar surface area (TPSA) is 49.9 Å². The van der Waals surface area contributed by atoms with Crippen molar-refractivity contribution in [3.63, 3.8) is 0 Å². The molecule has 2 rings (SSSR count). The normalized spacial score (nSPS) is 12.4. The van der Waals surface area contributed by atoms with Crippen molar-refractivity contribution in [2.24, 2.45) is 0 Å². The Kier molecular flexibility index (Phi) is 3.77. The van der Waals surface area contributed by atoms with Gasteiger partial charge in [-0.2, -0.15) is 5.10 Å². The van der Waals surface area contributed by atoms with Crippen LogP contribution in [0.1, 0.15) is 24.1 Å². The molecule has 0 saturated heterocycles. The Morgan fingerprint density at radius 2 is 2.12 bits per heavy atom. The zero-order chi connectivity index (χ0) is 12.1. The first kappa shape index (κ1) is 11.7. The summed E-state index contributed by atoms with van der Waals surface area (Å²) in [6, 6.07) is 8.36. The molecule has 4 nitrogen and oxygen atoms in total. The summed E-state index contributed by atoms with van der Waals surface area (Å²) in [5.74, 6) is 0.886. The summed E-state index contributed by atoms with van der Waals surface area (Å²) in [7, 11) is 1.67. The van der Waals surface area contributed by atoms with Gasteiger partial charge in [0.2, 0.25) is 0 Å². The molecule has 90 valence electrons. The highest BCUT2D eigenvalue weighted by Gasteiger charge is 2.05. The Bertz CT molecular complexity index is 436. The molecular weight excluding hydrogens is 214 g/mol. The summed E-state index contributed by atoms with van der Waals surface area (Å²) in [6.45, 7) is 2.95. The van der Waals surface area contributed by atoms with E-state index < -0.39 is 0 Å². The van der Waals surface area contributed by atoms with Crippen molar-refractivity contribution in [3.05, 3.63) is 47.8 Å². The minimum atomic E-state index is 0.288. The summed E-state index contributed by atoms with van der Waals surface area (Å²) in [5.41, 5.74) is 2.40. The predicted octanol–water partition coefficient (Wildman–Crippen LogP) is 2.27. The highest BCUT2D eigenvalue weighted by molar-refractivity contribution is 5.27. The Morgan fingerprint density at radius 1 is 1.35 bits per heavy atom. The van der Waals surface area contributed by atoms with Gasteiger partial charge in [0.1, 0.15) is 5.75 Å². The van der Waals surface area contributed by atoms with Crippen molar-refractivity contribution < 1.29 is 4.74 Å². The maximum Gasteiger partial charge on any atom is 0.118 e. The number of methoxy groups -OCH3 is 1. The molecule has 2 aromatic rings. The van der Waals surface area contributed by atoms with Crippen LogP contribution in [0.2, 0.25) is 0 Å². The Balaban J connectivity index is 1.89. The van der Waals surface area contributed by atoms with E-state index in [1.165, 1.54) is 11.1 Å². The van der Waals surface area contributed by atoms with Gasteiger partial charge >= 0.3 is 0 Å². The first-order valence-corrected chi connectivity index (χ1v) is 5.64. The van der Waals surface area contributed by atoms with E-state index in [1.807, 2.05) is 24.5 Å². The third-order valence-corrected chi connectivity index (χ3v) is 2.79. The summed E-state index contributed by atoms with van der Waals surface area (Å²) in [4.78, 5) is 0. The van der Waals surface area contributed by atoms with Crippen molar-refractivity contribution in [2.75, 3.05) is 7.11 Å². The van der Waals surface area contributed by atoms with E-state index in [1.54, 1.807) is 7.11 Å². The maximum absolute atomic E-state index is 5.12. The Hall–Kier alpha value is -1.81. The number of hydrogen-bond donors (Lipinski definition) is 2. The van der Waals surface area contributed by atoms with Gasteiger partial charge in [0.05, 0.1) is 13.3 Å². The fourth-order valence-corrected chi connectivity index (χ4v) is 1.63. The summed E-state index contributed by atoms with van der Waals surface area (Å²) >= 11 is 0. The third-order valence-electron chi connectivity index (χ3n) is 2.79. The van der Waals surface area contributed by atoms with Crippen molar-refractivity contribution in [2.45, 2.75) is 19.5 Å². The lowest BCUT2D eigenvalue weighted by Crippen LogP contribution is -2.17. The van der Waals surface area contributed by atoms with Crippen molar-refractivity contribution >= 4 is 0 Å². The van der Waals surface area contributed by atoms with Crippen LogP contribution in [0.3, 0.4) is 0 Å². The molecule has 1 aromatic heterocycles. The fraction of sp³-hybridized carbons (Fsp3) is 0.308. The summed E-state index contributed by atoms with van der Waals surface area (Å²) in [5, 5.41) is 10.2. The van der Waals surface area contributed by atoms with Crippen molar-refractivity contribution in [3.8, 4) is 5.75 Å². The number of H-pyrrole nitrogens is 1. The maximum atomic E-state index is 5.12. The molecular formula is C13H17N3O. The van der Waals surface area contributed by atoms with Crippen LogP contribution in [0.25, 0.3) is 0 Å². The van der Waals surface area contributed by atoms with Gasteiger partial charge in [-0.25, -0.2) is 0 Å². The Labute approximate surface area is 101 Å². The SMILES string of the molecule is COc1ccc(CNC(C)c2cn[nH]c2)cc1. The second-order valence-electron chi connectivity index (χ2n) is 3.98. The number of ether oxygens (including phenoxy) is 1. The number of aromatic nitrogens is 2. The number of hydrogen-bond acceptors (Lipinski definition) is 3. The van der Waals surface area contributed by atoms with Crippen LogP contribution in [-0.4, -0.2) is 17.3 Å². The molecule has 0 bridgehead atoms. The van der Waals surface area contributed by atoms with Gasteiger partial charge in [0.15, 0.2) is 0 Å². The van der Waals surface area contributed by atoms with Crippen LogP contribution in [0.5, 0.6) is 5.75 Å². The molecule has 17 heavy (non-hydrogen) atoms. The molecule has 0 aliphatic carbocycles. The molecule has 0 fully saturated rings. The van der Waals surface area contributed by atoms with E-state index in [0.29, 0.717) is 0 Å². The number of rotatable bonds is 5. The van der Waals surface area contributed by atoms with E-state index in [0.717, 1.165) is 12.3 Å². The van der Waals surface area contributed by atoms with Crippen LogP contribution < -0.4 is 10.1 Å². The van der Waals surface area contributed by atoms with Gasteiger partial charge in [-0.3, -0.25) is 5.10 Å². The number of aromatic amines is 1. The van der Waals surface area contributed by atoms with E-state index in [2.05, 4.69) is 34.6 Å². The van der Waals surface area contributed by atoms with E-state index in [9.17, 15) is 0 Å². The quantitative estimate of drug-likeness (QED) is 0.830. The summed E-state index contributed by atoms with van der Waals surface area (Å²) in [6.07, 6.45) is 3.75. The van der Waals surface area contributed by atoms with Crippen LogP contribution in [0.15, 0.2) is 36.7 Å². The van der Waals surface area contributed by atoms with E-state index in [4.69, 9.17) is 4.74 Å². The monoisotopic (exact) mass is 231 g/mol. The lowest BCUT2D eigenvalue weighted by Gasteiger charge is -2.12. The molecule has 0 spiro atoms. The Morgan fingerprint density at radius 3 is 2.71 bits per heavy atom. The lowest BCUT2D eigenvalue weighted by atomic mass is 10.1. The molecule has 1 unspecified atom stereocenters. The molecule has 2 N–H and O–H groups in total. The standard InChI is InChI=1S/C13H17N3O/c1-10(12-8-15-16-9-12)14-7-11-3-5-13(17-2)6-4-11/h3-6,8-10,14H,7H2,1-2H3,(H,15,16). The minimum absolute atomic E-state index is 0.288. The molecule has 0 saturated carbocycles. The largest absolute Gasteiger partial charge is 0.497 e. The van der Waals surface area contributed by atoms with Crippen LogP contribution >= 0.6 is 0 Å². The first-order valence-electron chi connectivity index (χ1n) is 5.64. The van der Waals surface area contributed by atoms with Gasteiger partial charge in [-0.1, -0.05) is 12.1 Å². The van der Waals surface area contributed by atoms with Crippen LogP contribution in [0, 0.1) is 0 Å². The molecule has 1 heterocycles. The van der Waals surface area contributed by atoms with Crippen LogP contribution in [0.4, 0.5) is 0 Å². The van der Waals surface area contributed by atoms with Crippen LogP contribution in [-0.2, 0) is 6.54 Å². The average Bonchev–Trinajstić information content (AvgIpc) is 2.90. The van der Waals surface area contributed by atoms with E-state index in [-0.39, 0.29) is 6.04 Å². The first-order chi connectivity index (χ1) is 8.29. The smallest absolute Gasteiger partial charge is 0.118 e. The average molecular weight is 231 g/mol. The van der Waals surface area contributed by atoms with Gasteiger partial charge in [0.25, 0.3) is 0 Å². The highest BCUT2D eigenvalue weighted by atomic mass is 16.5. The zero-order valence-electron chi connectivity index (χ0n) is 10.1. The zero-order valence-corrected chi connectivity index (χ0v) is 10.1. The van der Waals surface area contributed by atoms with Gasteiger partial charge < -0.3 is 10.1 Å². The minimum Gasteiger partial charge on any atom is -0.497 e. The number of benzene rings is 1. The number of nitrogens with zero attached hydrogens (tertiary/aromatic N) is 1. The molecule has 0 amide bonds.